The van der Waals surface area contributed by atoms with Crippen LogP contribution < -0.4 is 15.4 Å². The quantitative estimate of drug-likeness (QED) is 0.550. The minimum absolute atomic E-state index is 0.0564. The minimum Gasteiger partial charge on any atom is -0.457 e. The molecule has 0 unspecified atom stereocenters. The zero-order chi connectivity index (χ0) is 20.7. The Hall–Kier alpha value is -3.49. The third-order valence-electron chi connectivity index (χ3n) is 3.93. The Morgan fingerprint density at radius 2 is 1.86 bits per heavy atom. The average molecular weight is 404 g/mol. The van der Waals surface area contributed by atoms with Gasteiger partial charge in [-0.1, -0.05) is 12.1 Å². The van der Waals surface area contributed by atoms with Gasteiger partial charge in [0.05, 0.1) is 11.9 Å². The lowest BCUT2D eigenvalue weighted by molar-refractivity contribution is -0.137. The molecule has 3 rings (SSSR count). The van der Waals surface area contributed by atoms with Crippen molar-refractivity contribution >= 4 is 11.7 Å². The molecule has 2 amide bonds. The molecule has 0 radical (unpaired) electrons. The Kier molecular flexibility index (Phi) is 6.38. The second kappa shape index (κ2) is 9.13. The average Bonchev–Trinajstić information content (AvgIpc) is 3.19. The van der Waals surface area contributed by atoms with Gasteiger partial charge in [0.25, 0.3) is 0 Å². The van der Waals surface area contributed by atoms with Crippen LogP contribution in [0.25, 0.3) is 0 Å². The second-order valence-corrected chi connectivity index (χ2v) is 6.19. The fourth-order valence-corrected chi connectivity index (χ4v) is 2.57. The van der Waals surface area contributed by atoms with Crippen molar-refractivity contribution in [3.05, 3.63) is 72.8 Å². The van der Waals surface area contributed by atoms with Gasteiger partial charge in [0.1, 0.15) is 11.5 Å². The first-order chi connectivity index (χ1) is 13.9. The van der Waals surface area contributed by atoms with E-state index in [1.54, 1.807) is 30.7 Å². The molecule has 0 aliphatic heterocycles. The van der Waals surface area contributed by atoms with Gasteiger partial charge in [0.2, 0.25) is 0 Å². The molecule has 152 valence electrons. The number of ether oxygens (including phenoxy) is 1. The number of amides is 2. The first-order valence-corrected chi connectivity index (χ1v) is 8.86. The number of anilines is 1. The lowest BCUT2D eigenvalue weighted by atomic mass is 10.2. The number of carbonyl (C=O) groups excluding carboxylic acids is 1. The molecular weight excluding hydrogens is 385 g/mol. The number of hydrogen-bond donors (Lipinski definition) is 2. The van der Waals surface area contributed by atoms with Gasteiger partial charge in [-0.25, -0.2) is 9.78 Å². The van der Waals surface area contributed by atoms with E-state index in [1.807, 2.05) is 10.8 Å². The Morgan fingerprint density at radius 3 is 2.59 bits per heavy atom. The van der Waals surface area contributed by atoms with Gasteiger partial charge < -0.3 is 19.9 Å². The van der Waals surface area contributed by atoms with Crippen molar-refractivity contribution in [1.29, 1.82) is 0 Å². The Morgan fingerprint density at radius 1 is 1.10 bits per heavy atom. The van der Waals surface area contributed by atoms with Crippen molar-refractivity contribution in [2.75, 3.05) is 11.9 Å². The molecule has 1 heterocycles. The zero-order valence-electron chi connectivity index (χ0n) is 15.3. The number of imidazole rings is 1. The SMILES string of the molecule is O=C(NCCCn1ccnc1)Nc1cccc(Oc2cccc(C(F)(F)F)c2)c1. The van der Waals surface area contributed by atoms with Gasteiger partial charge in [-0.05, 0) is 36.8 Å². The van der Waals surface area contributed by atoms with E-state index in [0.29, 0.717) is 18.0 Å². The number of nitrogens with one attached hydrogen (secondary N) is 2. The largest absolute Gasteiger partial charge is 0.457 e. The van der Waals surface area contributed by atoms with Crippen molar-refractivity contribution in [2.45, 2.75) is 19.1 Å². The highest BCUT2D eigenvalue weighted by Crippen LogP contribution is 2.33. The van der Waals surface area contributed by atoms with E-state index in [0.717, 1.165) is 25.1 Å². The predicted octanol–water partition coefficient (Wildman–Crippen LogP) is 4.91. The highest BCUT2D eigenvalue weighted by molar-refractivity contribution is 5.89. The minimum atomic E-state index is -4.45. The van der Waals surface area contributed by atoms with Crippen molar-refractivity contribution in [1.82, 2.24) is 14.9 Å². The summed E-state index contributed by atoms with van der Waals surface area (Å²) in [4.78, 5) is 15.9. The summed E-state index contributed by atoms with van der Waals surface area (Å²) in [5.41, 5.74) is -0.332. The molecule has 1 aromatic heterocycles. The maximum absolute atomic E-state index is 12.8. The standard InChI is InChI=1S/C20H19F3N4O2/c21-20(22,23)15-4-1-6-17(12-15)29-18-7-2-5-16(13-18)26-19(28)25-8-3-10-27-11-9-24-14-27/h1-2,4-7,9,11-14H,3,8,10H2,(H2,25,26,28). The number of aromatic nitrogens is 2. The van der Waals surface area contributed by atoms with E-state index < -0.39 is 11.7 Å². The van der Waals surface area contributed by atoms with Gasteiger partial charge >= 0.3 is 12.2 Å². The molecule has 0 saturated carbocycles. The van der Waals surface area contributed by atoms with E-state index in [2.05, 4.69) is 15.6 Å². The Bertz CT molecular complexity index is 943. The number of nitrogens with zero attached hydrogens (tertiary/aromatic N) is 2. The molecule has 2 N–H and O–H groups in total. The predicted molar refractivity (Wildman–Crippen MR) is 102 cm³/mol. The molecule has 0 spiro atoms. The lowest BCUT2D eigenvalue weighted by Gasteiger charge is -2.12. The summed E-state index contributed by atoms with van der Waals surface area (Å²) >= 11 is 0. The Labute approximate surface area is 165 Å². The van der Waals surface area contributed by atoms with E-state index in [4.69, 9.17) is 4.74 Å². The summed E-state index contributed by atoms with van der Waals surface area (Å²) in [6.07, 6.45) is 1.53. The summed E-state index contributed by atoms with van der Waals surface area (Å²) < 4.78 is 45.8. The van der Waals surface area contributed by atoms with Crippen LogP contribution in [0.15, 0.2) is 67.3 Å². The van der Waals surface area contributed by atoms with Crippen LogP contribution in [0.4, 0.5) is 23.7 Å². The topological polar surface area (TPSA) is 68.2 Å². The highest BCUT2D eigenvalue weighted by atomic mass is 19.4. The summed E-state index contributed by atoms with van der Waals surface area (Å²) in [6, 6.07) is 10.6. The third kappa shape index (κ3) is 6.27. The molecule has 0 fully saturated rings. The van der Waals surface area contributed by atoms with E-state index in [9.17, 15) is 18.0 Å². The van der Waals surface area contributed by atoms with Crippen LogP contribution in [-0.2, 0) is 12.7 Å². The Balaban J connectivity index is 1.52. The maximum atomic E-state index is 12.8. The number of urea groups is 1. The van der Waals surface area contributed by atoms with Gasteiger partial charge in [0.15, 0.2) is 0 Å². The van der Waals surface area contributed by atoms with Crippen molar-refractivity contribution in [3.8, 4) is 11.5 Å². The smallest absolute Gasteiger partial charge is 0.416 e. The normalized spacial score (nSPS) is 11.1. The van der Waals surface area contributed by atoms with Crippen LogP contribution in [0.2, 0.25) is 0 Å². The van der Waals surface area contributed by atoms with Crippen molar-refractivity contribution < 1.29 is 22.7 Å². The molecule has 2 aromatic carbocycles. The van der Waals surface area contributed by atoms with E-state index >= 15 is 0 Å². The number of benzene rings is 2. The molecule has 6 nitrogen and oxygen atoms in total. The number of carbonyl (C=O) groups is 1. The van der Waals surface area contributed by atoms with Crippen LogP contribution >= 0.6 is 0 Å². The van der Waals surface area contributed by atoms with Gasteiger partial charge in [-0.15, -0.1) is 0 Å². The zero-order valence-corrected chi connectivity index (χ0v) is 15.3. The van der Waals surface area contributed by atoms with Gasteiger partial charge in [0, 0.05) is 37.2 Å². The molecule has 29 heavy (non-hydrogen) atoms. The molecule has 0 aliphatic carbocycles. The van der Waals surface area contributed by atoms with E-state index in [-0.39, 0.29) is 11.8 Å². The summed E-state index contributed by atoms with van der Waals surface area (Å²) in [6.45, 7) is 1.21. The second-order valence-electron chi connectivity index (χ2n) is 6.19. The highest BCUT2D eigenvalue weighted by Gasteiger charge is 2.30. The first kappa shape index (κ1) is 20.2. The van der Waals surface area contributed by atoms with Gasteiger partial charge in [-0.2, -0.15) is 13.2 Å². The number of alkyl halides is 3. The van der Waals surface area contributed by atoms with Gasteiger partial charge in [-0.3, -0.25) is 0 Å². The molecule has 9 heteroatoms. The van der Waals surface area contributed by atoms with E-state index in [1.165, 1.54) is 18.2 Å². The molecular formula is C20H19F3N4O2. The summed E-state index contributed by atoms with van der Waals surface area (Å²) in [7, 11) is 0. The van der Waals surface area contributed by atoms with Crippen molar-refractivity contribution in [2.24, 2.45) is 0 Å². The summed E-state index contributed by atoms with van der Waals surface area (Å²) in [5.74, 6) is 0.364. The maximum Gasteiger partial charge on any atom is 0.416 e. The summed E-state index contributed by atoms with van der Waals surface area (Å²) in [5, 5.41) is 5.41. The molecule has 3 aromatic rings. The molecule has 0 aliphatic rings. The van der Waals surface area contributed by atoms with Crippen LogP contribution in [0.3, 0.4) is 0 Å². The van der Waals surface area contributed by atoms with Crippen LogP contribution in [-0.4, -0.2) is 22.1 Å². The van der Waals surface area contributed by atoms with Crippen LogP contribution in [0.5, 0.6) is 11.5 Å². The number of hydrogen-bond acceptors (Lipinski definition) is 3. The first-order valence-electron chi connectivity index (χ1n) is 8.86. The molecule has 0 atom stereocenters. The fourth-order valence-electron chi connectivity index (χ4n) is 2.57. The van der Waals surface area contributed by atoms with Crippen LogP contribution in [0.1, 0.15) is 12.0 Å². The number of aryl methyl sites for hydroxylation is 1. The monoisotopic (exact) mass is 404 g/mol. The molecule has 0 bridgehead atoms. The molecule has 0 saturated heterocycles. The number of halogens is 3. The lowest BCUT2D eigenvalue weighted by Crippen LogP contribution is -2.30. The van der Waals surface area contributed by atoms with Crippen LogP contribution in [0, 0.1) is 0 Å². The van der Waals surface area contributed by atoms with Crippen molar-refractivity contribution in [3.63, 3.8) is 0 Å². The third-order valence-corrected chi connectivity index (χ3v) is 3.93. The fraction of sp³-hybridized carbons (Fsp3) is 0.200. The number of rotatable bonds is 7.